The van der Waals surface area contributed by atoms with Crippen LogP contribution in [0.2, 0.25) is 0 Å². The van der Waals surface area contributed by atoms with Gasteiger partial charge in [-0.2, -0.15) is 0 Å². The number of para-hydroxylation sites is 4. The number of carbonyl (C=O) groups is 4. The van der Waals surface area contributed by atoms with Crippen molar-refractivity contribution in [3.8, 4) is 17.2 Å². The minimum Gasteiger partial charge on any atom is -0.507 e. The third kappa shape index (κ3) is 14.3. The first-order valence-corrected chi connectivity index (χ1v) is 26.9. The molecule has 2 unspecified atom stereocenters. The molecule has 0 amide bonds. The predicted molar refractivity (Wildman–Crippen MR) is 302 cm³/mol. The highest BCUT2D eigenvalue weighted by Crippen LogP contribution is 2.47. The van der Waals surface area contributed by atoms with Gasteiger partial charge in [-0.1, -0.05) is 38.1 Å². The van der Waals surface area contributed by atoms with E-state index in [0.717, 1.165) is 40.7 Å². The van der Waals surface area contributed by atoms with E-state index < -0.39 is 16.8 Å². The Labute approximate surface area is 456 Å². The molecule has 3 aromatic heterocycles. The highest BCUT2D eigenvalue weighted by atomic mass is 16.6. The fourth-order valence-electron chi connectivity index (χ4n) is 10.6. The number of nitrogens with zero attached hydrogens (tertiary/aromatic N) is 4. The van der Waals surface area contributed by atoms with Crippen LogP contribution in [0, 0.1) is 0 Å². The minimum absolute atomic E-state index is 0.000734. The lowest BCUT2D eigenvalue weighted by atomic mass is 9.79. The molecule has 16 nitrogen and oxygen atoms in total. The topological polar surface area (TPSA) is 205 Å². The molecule has 9 rings (SSSR count). The molecule has 0 bridgehead atoms. The molecular weight excluding hydrogens is 993 g/mol. The number of phenols is 1. The van der Waals surface area contributed by atoms with Crippen molar-refractivity contribution in [2.45, 2.75) is 169 Å². The van der Waals surface area contributed by atoms with Crippen LogP contribution >= 0.6 is 0 Å². The summed E-state index contributed by atoms with van der Waals surface area (Å²) in [5.41, 5.74) is 6.51. The third-order valence-corrected chi connectivity index (χ3v) is 13.7. The number of esters is 3. The second-order valence-electron chi connectivity index (χ2n) is 23.5. The number of hydrogen-bond donors (Lipinski definition) is 1. The van der Waals surface area contributed by atoms with Gasteiger partial charge in [0.25, 0.3) is 0 Å². The number of phenolic OH excluding ortho intramolecular Hbond substituents is 1. The molecule has 1 N–H and O–H groups in total. The fourth-order valence-corrected chi connectivity index (χ4v) is 10.6. The monoisotopic (exact) mass is 1070 g/mol. The number of ether oxygens (including phenoxy) is 3. The summed E-state index contributed by atoms with van der Waals surface area (Å²) in [6.45, 7) is 27.9. The number of hydrogen-bond acceptors (Lipinski definition) is 16. The normalized spacial score (nSPS) is 16.5. The highest BCUT2D eigenvalue weighted by molar-refractivity contribution is 5.87. The zero-order valence-electron chi connectivity index (χ0n) is 47.5. The first-order chi connectivity index (χ1) is 36.6. The maximum Gasteiger partial charge on any atom is 0.349 e. The summed E-state index contributed by atoms with van der Waals surface area (Å²) in [5.74, 6) is 0.567. The number of aromatic hydroxyl groups is 1. The molecule has 2 aliphatic heterocycles. The zero-order chi connectivity index (χ0) is 56.9. The lowest BCUT2D eigenvalue weighted by molar-refractivity contribution is -0.156. The fraction of sp³-hybridized carbons (Fsp3) is 0.468. The molecule has 5 heterocycles. The first-order valence-electron chi connectivity index (χ1n) is 26.9. The average Bonchev–Trinajstić information content (AvgIpc) is 4.05. The number of anilines is 2. The van der Waals surface area contributed by atoms with Crippen molar-refractivity contribution in [1.29, 1.82) is 0 Å². The van der Waals surface area contributed by atoms with Gasteiger partial charge in [-0.3, -0.25) is 19.2 Å². The molecule has 4 aromatic carbocycles. The van der Waals surface area contributed by atoms with E-state index in [1.165, 1.54) is 5.56 Å². The van der Waals surface area contributed by atoms with E-state index in [-0.39, 0.29) is 47.0 Å². The van der Waals surface area contributed by atoms with Gasteiger partial charge in [0, 0.05) is 65.9 Å². The van der Waals surface area contributed by atoms with E-state index in [0.29, 0.717) is 103 Å². The van der Waals surface area contributed by atoms with Gasteiger partial charge >= 0.3 is 23.5 Å². The van der Waals surface area contributed by atoms with Gasteiger partial charge in [-0.15, -0.1) is 0 Å². The second kappa shape index (κ2) is 23.6. The van der Waals surface area contributed by atoms with E-state index in [1.54, 1.807) is 19.1 Å². The Morgan fingerprint density at radius 3 is 1.72 bits per heavy atom. The van der Waals surface area contributed by atoms with Crippen LogP contribution in [0.4, 0.5) is 11.4 Å². The van der Waals surface area contributed by atoms with Crippen LogP contribution in [-0.2, 0) is 35.0 Å². The molecule has 78 heavy (non-hydrogen) atoms. The second-order valence-corrected chi connectivity index (χ2v) is 23.5. The van der Waals surface area contributed by atoms with Crippen molar-refractivity contribution >= 4 is 68.7 Å². The summed E-state index contributed by atoms with van der Waals surface area (Å²) in [4.78, 5) is 72.8. The van der Waals surface area contributed by atoms with E-state index in [2.05, 4.69) is 67.4 Å². The maximum atomic E-state index is 13.0. The maximum absolute atomic E-state index is 13.0. The van der Waals surface area contributed by atoms with Crippen LogP contribution in [0.1, 0.15) is 168 Å². The van der Waals surface area contributed by atoms with Crippen LogP contribution in [-0.4, -0.2) is 81.2 Å². The highest BCUT2D eigenvalue weighted by Gasteiger charge is 2.38. The molecule has 0 radical (unpaired) electrons. The number of aromatic nitrogens is 2. The molecular formula is C62H76N4O12. The first kappa shape index (κ1) is 58.2. The molecule has 0 spiro atoms. The van der Waals surface area contributed by atoms with Crippen molar-refractivity contribution in [1.82, 2.24) is 9.97 Å². The third-order valence-electron chi connectivity index (χ3n) is 13.7. The van der Waals surface area contributed by atoms with E-state index >= 15 is 0 Å². The summed E-state index contributed by atoms with van der Waals surface area (Å²) >= 11 is 0. The Balaban J connectivity index is 0.000000186. The Morgan fingerprint density at radius 2 is 1.21 bits per heavy atom. The van der Waals surface area contributed by atoms with Crippen LogP contribution in [0.15, 0.2) is 96.9 Å². The van der Waals surface area contributed by atoms with Gasteiger partial charge < -0.3 is 42.4 Å². The molecule has 0 saturated carbocycles. The Kier molecular flexibility index (Phi) is 17.6. The summed E-state index contributed by atoms with van der Waals surface area (Å²) in [6.07, 6.45) is 4.73. The van der Waals surface area contributed by atoms with Crippen LogP contribution in [0.3, 0.4) is 0 Å². The number of fused-ring (bicyclic) bond motifs is 5. The summed E-state index contributed by atoms with van der Waals surface area (Å²) < 4.78 is 32.7. The molecule has 416 valence electrons. The molecule has 0 saturated heterocycles. The molecule has 7 aromatic rings. The van der Waals surface area contributed by atoms with Crippen molar-refractivity contribution in [3.63, 3.8) is 0 Å². The lowest BCUT2D eigenvalue weighted by Crippen LogP contribution is -2.49. The van der Waals surface area contributed by atoms with Gasteiger partial charge in [0.1, 0.15) is 45.6 Å². The van der Waals surface area contributed by atoms with Gasteiger partial charge in [-0.25, -0.2) is 14.8 Å². The van der Waals surface area contributed by atoms with Crippen molar-refractivity contribution in [3.05, 3.63) is 112 Å². The Bertz CT molecular complexity index is 3290. The van der Waals surface area contributed by atoms with E-state index in [4.69, 9.17) is 27.5 Å². The quantitative estimate of drug-likeness (QED) is 0.0493. The van der Waals surface area contributed by atoms with Crippen LogP contribution in [0.25, 0.3) is 44.6 Å². The standard InChI is InChI=1S/C30H34N2O5.C21H31NO4.C11H11NO3/c1-18-17-30(5,6)32(13-9-12-26(33)37-29(2,3)4)23-16-25-19(14-20(18)23)15-21(28(34)36-25)27-31-22-10-7-8-11-24(22)35-27;1-14-12-21(5,6)22(9-7-8-19(25)26-20(2,3)4)17-11-18(24)15(13-23)10-16(14)17;1-2-14-11(13)7-10-12-8-5-3-4-6-9(8)15-10/h7-8,10-11,14-16,18H,9,12-13,17H2,1-6H3;10-11,13-14,24H,7-9,12H2,1-6H3;3-6H,2,7H2,1H3. The summed E-state index contributed by atoms with van der Waals surface area (Å²) in [6, 6.07) is 24.2. The van der Waals surface area contributed by atoms with E-state index in [1.807, 2.05) is 102 Å². The minimum atomic E-state index is -0.489. The number of benzene rings is 4. The Morgan fingerprint density at radius 1 is 0.692 bits per heavy atom. The van der Waals surface area contributed by atoms with Gasteiger partial charge in [0.15, 0.2) is 17.5 Å². The van der Waals surface area contributed by atoms with Gasteiger partial charge in [0.05, 0.1) is 12.2 Å². The smallest absolute Gasteiger partial charge is 0.349 e. The zero-order valence-corrected chi connectivity index (χ0v) is 47.5. The molecule has 0 aliphatic carbocycles. The molecule has 0 fully saturated rings. The Hall–Kier alpha value is -7.49. The van der Waals surface area contributed by atoms with Gasteiger partial charge in [0.2, 0.25) is 11.8 Å². The summed E-state index contributed by atoms with van der Waals surface area (Å²) in [7, 11) is 0. The average molecular weight is 1070 g/mol. The molecule has 2 aliphatic rings. The predicted octanol–water partition coefficient (Wildman–Crippen LogP) is 13.2. The van der Waals surface area contributed by atoms with E-state index in [9.17, 15) is 29.1 Å². The van der Waals surface area contributed by atoms with Crippen molar-refractivity contribution < 1.29 is 51.7 Å². The summed E-state index contributed by atoms with van der Waals surface area (Å²) in [5, 5.41) is 11.0. The molecule has 16 heteroatoms. The van der Waals surface area contributed by atoms with Gasteiger partial charge in [-0.05, 0) is 167 Å². The number of aldehydes is 1. The number of oxazole rings is 2. The number of carbonyl (C=O) groups excluding carboxylic acids is 4. The van der Waals surface area contributed by atoms with Crippen LogP contribution in [0.5, 0.6) is 5.75 Å². The van der Waals surface area contributed by atoms with Crippen molar-refractivity contribution in [2.24, 2.45) is 0 Å². The lowest BCUT2D eigenvalue weighted by Gasteiger charge is -2.47. The van der Waals surface area contributed by atoms with Crippen molar-refractivity contribution in [2.75, 3.05) is 29.5 Å². The SMILES string of the molecule is CC1CC(C)(C)N(CCCC(=O)OC(C)(C)C)c2cc(O)c(C=O)cc21.CC1CC(C)(C)N(CCCC(=O)OC(C)(C)C)c2cc3oc(=O)c(-c4nc5ccccc5o4)cc3cc21.CCOC(=O)Cc1nc2ccccc2o1. The largest absolute Gasteiger partial charge is 0.507 e. The van der Waals surface area contributed by atoms with Crippen LogP contribution < -0.4 is 15.4 Å². The number of rotatable bonds is 13. The molecule has 2 atom stereocenters.